The lowest BCUT2D eigenvalue weighted by molar-refractivity contribution is -0.139. The quantitative estimate of drug-likeness (QED) is 0.325. The number of methoxy groups -OCH3 is 1. The summed E-state index contributed by atoms with van der Waals surface area (Å²) in [4.78, 5) is 28.4. The van der Waals surface area contributed by atoms with Crippen LogP contribution in [0, 0.1) is 19.7 Å². The maximum Gasteiger partial charge on any atom is 0.264 e. The van der Waals surface area contributed by atoms with E-state index in [-0.39, 0.29) is 34.5 Å². The van der Waals surface area contributed by atoms with Gasteiger partial charge < -0.3 is 15.0 Å². The lowest BCUT2D eigenvalue weighted by atomic mass is 10.1. The van der Waals surface area contributed by atoms with Crippen LogP contribution in [0.5, 0.6) is 5.75 Å². The topological polar surface area (TPSA) is 96.0 Å². The molecule has 2 atom stereocenters. The maximum absolute atomic E-state index is 14.7. The van der Waals surface area contributed by atoms with Gasteiger partial charge in [0.25, 0.3) is 10.0 Å². The van der Waals surface area contributed by atoms with Crippen LogP contribution in [0.25, 0.3) is 0 Å². The predicted octanol–water partition coefficient (Wildman–Crippen LogP) is 4.98. The zero-order valence-electron chi connectivity index (χ0n) is 24.3. The molecule has 2 amide bonds. The molecule has 220 valence electrons. The van der Waals surface area contributed by atoms with Crippen molar-refractivity contribution in [2.24, 2.45) is 0 Å². The highest BCUT2D eigenvalue weighted by molar-refractivity contribution is 7.92. The number of amides is 2. The monoisotopic (exact) mass is 583 g/mol. The van der Waals surface area contributed by atoms with E-state index in [2.05, 4.69) is 5.32 Å². The fraction of sp³-hybridized carbons (Fsp3) is 0.355. The fourth-order valence-corrected chi connectivity index (χ4v) is 5.62. The SMILES string of the molecule is CCC(C)NC(=O)C(C)N(Cc1ccccc1F)C(=O)CN(c1cc(C)ccc1OC)S(=O)(=O)c1ccc(C)cc1. The van der Waals surface area contributed by atoms with Gasteiger partial charge in [-0.1, -0.05) is 48.9 Å². The van der Waals surface area contributed by atoms with Gasteiger partial charge in [-0.05, 0) is 70.0 Å². The third kappa shape index (κ3) is 7.64. The summed E-state index contributed by atoms with van der Waals surface area (Å²) in [5, 5.41) is 2.86. The molecule has 0 saturated heterocycles. The van der Waals surface area contributed by atoms with Gasteiger partial charge in [0.1, 0.15) is 24.2 Å². The molecule has 0 saturated carbocycles. The number of rotatable bonds is 12. The third-order valence-corrected chi connectivity index (χ3v) is 8.73. The van der Waals surface area contributed by atoms with Crippen molar-refractivity contribution in [1.82, 2.24) is 10.2 Å². The van der Waals surface area contributed by atoms with E-state index in [0.29, 0.717) is 6.42 Å². The first-order valence-corrected chi connectivity index (χ1v) is 14.9. The molecule has 1 N–H and O–H groups in total. The number of anilines is 1. The van der Waals surface area contributed by atoms with Crippen molar-refractivity contribution in [2.45, 2.75) is 64.6 Å². The van der Waals surface area contributed by atoms with Gasteiger partial charge in [0, 0.05) is 18.2 Å². The Morgan fingerprint density at radius 3 is 2.22 bits per heavy atom. The molecule has 3 aromatic rings. The van der Waals surface area contributed by atoms with Crippen molar-refractivity contribution in [3.05, 3.63) is 89.2 Å². The summed E-state index contributed by atoms with van der Waals surface area (Å²) in [6.45, 7) is 8.06. The molecule has 3 aromatic carbocycles. The highest BCUT2D eigenvalue weighted by Gasteiger charge is 2.34. The number of nitrogens with one attached hydrogen (secondary N) is 1. The number of benzene rings is 3. The minimum absolute atomic E-state index is 0.0114. The van der Waals surface area contributed by atoms with E-state index < -0.39 is 40.2 Å². The molecule has 3 rings (SSSR count). The second-order valence-corrected chi connectivity index (χ2v) is 12.0. The largest absolute Gasteiger partial charge is 0.495 e. The van der Waals surface area contributed by atoms with Crippen molar-refractivity contribution in [3.8, 4) is 5.75 Å². The zero-order valence-corrected chi connectivity index (χ0v) is 25.2. The Labute approximate surface area is 242 Å². The van der Waals surface area contributed by atoms with E-state index in [9.17, 15) is 22.4 Å². The molecule has 41 heavy (non-hydrogen) atoms. The van der Waals surface area contributed by atoms with E-state index >= 15 is 0 Å². The summed E-state index contributed by atoms with van der Waals surface area (Å²) < 4.78 is 49.2. The number of nitrogens with zero attached hydrogens (tertiary/aromatic N) is 2. The number of sulfonamides is 1. The van der Waals surface area contributed by atoms with Crippen molar-refractivity contribution >= 4 is 27.5 Å². The predicted molar refractivity (Wildman–Crippen MR) is 158 cm³/mol. The normalized spacial score (nSPS) is 12.8. The number of halogens is 1. The summed E-state index contributed by atoms with van der Waals surface area (Å²) in [7, 11) is -2.85. The maximum atomic E-state index is 14.7. The van der Waals surface area contributed by atoms with Crippen molar-refractivity contribution in [1.29, 1.82) is 0 Å². The first-order valence-electron chi connectivity index (χ1n) is 13.5. The van der Waals surface area contributed by atoms with Crippen LogP contribution in [-0.4, -0.2) is 50.9 Å². The third-order valence-electron chi connectivity index (χ3n) is 6.96. The molecule has 0 heterocycles. The first kappa shape index (κ1) is 31.6. The molecule has 0 radical (unpaired) electrons. The molecule has 10 heteroatoms. The van der Waals surface area contributed by atoms with Gasteiger partial charge in [-0.2, -0.15) is 0 Å². The summed E-state index contributed by atoms with van der Waals surface area (Å²) in [6.07, 6.45) is 0.676. The van der Waals surface area contributed by atoms with E-state index in [1.54, 1.807) is 50.2 Å². The Kier molecular flexibility index (Phi) is 10.5. The van der Waals surface area contributed by atoms with Gasteiger partial charge >= 0.3 is 0 Å². The highest BCUT2D eigenvalue weighted by atomic mass is 32.2. The van der Waals surface area contributed by atoms with Crippen LogP contribution >= 0.6 is 0 Å². The molecule has 0 aliphatic heterocycles. The molecular formula is C31H38FN3O5S. The van der Waals surface area contributed by atoms with Crippen LogP contribution in [0.3, 0.4) is 0 Å². The van der Waals surface area contributed by atoms with Gasteiger partial charge in [-0.15, -0.1) is 0 Å². The number of hydrogen-bond donors (Lipinski definition) is 1. The fourth-order valence-electron chi connectivity index (χ4n) is 4.20. The molecule has 0 aliphatic carbocycles. The van der Waals surface area contributed by atoms with Crippen LogP contribution in [0.4, 0.5) is 10.1 Å². The van der Waals surface area contributed by atoms with Gasteiger partial charge in [0.15, 0.2) is 0 Å². The zero-order chi connectivity index (χ0) is 30.3. The Hall–Kier alpha value is -3.92. The average molecular weight is 584 g/mol. The molecule has 0 aliphatic rings. The number of aryl methyl sites for hydroxylation is 2. The van der Waals surface area contributed by atoms with Crippen LogP contribution in [-0.2, 0) is 26.2 Å². The van der Waals surface area contributed by atoms with Gasteiger partial charge in [-0.25, -0.2) is 12.8 Å². The molecule has 0 spiro atoms. The van der Waals surface area contributed by atoms with E-state index in [1.807, 2.05) is 20.8 Å². The van der Waals surface area contributed by atoms with E-state index in [4.69, 9.17) is 4.74 Å². The van der Waals surface area contributed by atoms with Crippen molar-refractivity contribution in [2.75, 3.05) is 18.0 Å². The average Bonchev–Trinajstić information content (AvgIpc) is 2.95. The Morgan fingerprint density at radius 2 is 1.61 bits per heavy atom. The lowest BCUT2D eigenvalue weighted by Crippen LogP contribution is -2.52. The summed E-state index contributed by atoms with van der Waals surface area (Å²) >= 11 is 0. The van der Waals surface area contributed by atoms with Crippen LogP contribution in [0.15, 0.2) is 71.6 Å². The van der Waals surface area contributed by atoms with Crippen LogP contribution in [0.2, 0.25) is 0 Å². The minimum Gasteiger partial charge on any atom is -0.495 e. The van der Waals surface area contributed by atoms with Crippen LogP contribution in [0.1, 0.15) is 43.9 Å². The Balaban J connectivity index is 2.11. The second-order valence-electron chi connectivity index (χ2n) is 10.1. The molecule has 0 aromatic heterocycles. The highest BCUT2D eigenvalue weighted by Crippen LogP contribution is 2.34. The molecule has 0 fully saturated rings. The molecular weight excluding hydrogens is 545 g/mol. The Bertz CT molecular complexity index is 1480. The number of hydrogen-bond acceptors (Lipinski definition) is 5. The summed E-state index contributed by atoms with van der Waals surface area (Å²) in [5.41, 5.74) is 1.99. The molecule has 2 unspecified atom stereocenters. The van der Waals surface area contributed by atoms with E-state index in [1.165, 1.54) is 42.3 Å². The summed E-state index contributed by atoms with van der Waals surface area (Å²) in [6, 6.07) is 16.1. The smallest absolute Gasteiger partial charge is 0.264 e. The van der Waals surface area contributed by atoms with Gasteiger partial charge in [0.2, 0.25) is 11.8 Å². The van der Waals surface area contributed by atoms with Gasteiger partial charge in [0.05, 0.1) is 17.7 Å². The van der Waals surface area contributed by atoms with E-state index in [0.717, 1.165) is 15.4 Å². The summed E-state index contributed by atoms with van der Waals surface area (Å²) in [5.74, 6) is -1.39. The van der Waals surface area contributed by atoms with Crippen LogP contribution < -0.4 is 14.4 Å². The number of ether oxygens (including phenoxy) is 1. The lowest BCUT2D eigenvalue weighted by Gasteiger charge is -2.33. The van der Waals surface area contributed by atoms with Crippen molar-refractivity contribution in [3.63, 3.8) is 0 Å². The standard InChI is InChI=1S/C31H38FN3O5S/c1-7-23(4)33-31(37)24(5)34(19-25-10-8-9-11-27(25)32)30(36)20-35(28-18-22(3)14-17-29(28)40-6)41(38,39)26-15-12-21(2)13-16-26/h8-18,23-24H,7,19-20H2,1-6H3,(H,33,37). The molecule has 8 nitrogen and oxygen atoms in total. The minimum atomic E-state index is -4.27. The number of carbonyl (C=O) groups is 2. The second kappa shape index (κ2) is 13.6. The molecule has 0 bridgehead atoms. The first-order chi connectivity index (χ1) is 19.4. The van der Waals surface area contributed by atoms with Crippen molar-refractivity contribution < 1.29 is 27.1 Å². The van der Waals surface area contributed by atoms with Gasteiger partial charge in [-0.3, -0.25) is 13.9 Å². The Morgan fingerprint density at radius 1 is 0.976 bits per heavy atom. The number of carbonyl (C=O) groups excluding carboxylic acids is 2.